The van der Waals surface area contributed by atoms with E-state index in [4.69, 9.17) is 0 Å². The van der Waals surface area contributed by atoms with Crippen molar-refractivity contribution in [2.75, 3.05) is 23.7 Å². The summed E-state index contributed by atoms with van der Waals surface area (Å²) >= 11 is 0. The SMILES string of the molecule is Cc1ccnc(Nc2cc(NCCNC(=O)c3cccnc3)ncn2)c1. The summed E-state index contributed by atoms with van der Waals surface area (Å²) in [6.45, 7) is 2.99. The quantitative estimate of drug-likeness (QED) is 0.561. The van der Waals surface area contributed by atoms with Gasteiger partial charge in [0.25, 0.3) is 5.91 Å². The summed E-state index contributed by atoms with van der Waals surface area (Å²) in [5.41, 5.74) is 1.64. The van der Waals surface area contributed by atoms with Gasteiger partial charge in [-0.15, -0.1) is 0 Å². The summed E-state index contributed by atoms with van der Waals surface area (Å²) in [5.74, 6) is 1.86. The molecule has 3 aromatic heterocycles. The molecule has 3 aromatic rings. The number of aromatic nitrogens is 4. The zero-order valence-electron chi connectivity index (χ0n) is 14.3. The number of carbonyl (C=O) groups is 1. The second kappa shape index (κ2) is 8.52. The Morgan fingerprint density at radius 3 is 2.65 bits per heavy atom. The fraction of sp³-hybridized carbons (Fsp3) is 0.167. The molecule has 0 bridgehead atoms. The summed E-state index contributed by atoms with van der Waals surface area (Å²) in [7, 11) is 0. The number of pyridine rings is 2. The number of anilines is 3. The molecule has 3 rings (SSSR count). The van der Waals surface area contributed by atoms with Crippen molar-refractivity contribution in [1.29, 1.82) is 0 Å². The van der Waals surface area contributed by atoms with Gasteiger partial charge >= 0.3 is 0 Å². The number of hydrogen-bond donors (Lipinski definition) is 3. The van der Waals surface area contributed by atoms with Gasteiger partial charge in [0.1, 0.15) is 23.8 Å². The first kappa shape index (κ1) is 17.3. The lowest BCUT2D eigenvalue weighted by Crippen LogP contribution is -2.28. The highest BCUT2D eigenvalue weighted by molar-refractivity contribution is 5.93. The average molecular weight is 349 g/mol. The van der Waals surface area contributed by atoms with E-state index in [0.717, 1.165) is 11.4 Å². The first-order valence-corrected chi connectivity index (χ1v) is 8.14. The second-order valence-corrected chi connectivity index (χ2v) is 5.56. The summed E-state index contributed by atoms with van der Waals surface area (Å²) in [6, 6.07) is 9.09. The Hall–Kier alpha value is -3.55. The van der Waals surface area contributed by atoms with E-state index in [-0.39, 0.29) is 5.91 Å². The fourth-order valence-electron chi connectivity index (χ4n) is 2.22. The molecular weight excluding hydrogens is 330 g/mol. The molecule has 26 heavy (non-hydrogen) atoms. The van der Waals surface area contributed by atoms with Crippen LogP contribution in [0.4, 0.5) is 17.5 Å². The molecule has 0 spiro atoms. The predicted octanol–water partition coefficient (Wildman–Crippen LogP) is 2.16. The first-order valence-electron chi connectivity index (χ1n) is 8.14. The highest BCUT2D eigenvalue weighted by Crippen LogP contribution is 2.14. The van der Waals surface area contributed by atoms with E-state index in [2.05, 4.69) is 35.9 Å². The molecule has 0 atom stereocenters. The number of carbonyl (C=O) groups excluding carboxylic acids is 1. The van der Waals surface area contributed by atoms with Gasteiger partial charge < -0.3 is 16.0 Å². The van der Waals surface area contributed by atoms with Crippen LogP contribution in [0.3, 0.4) is 0 Å². The van der Waals surface area contributed by atoms with Crippen LogP contribution in [0.25, 0.3) is 0 Å². The molecule has 0 radical (unpaired) electrons. The predicted molar refractivity (Wildman–Crippen MR) is 99.3 cm³/mol. The molecule has 3 N–H and O–H groups in total. The summed E-state index contributed by atoms with van der Waals surface area (Å²) in [6.07, 6.45) is 6.37. The minimum atomic E-state index is -0.157. The minimum Gasteiger partial charge on any atom is -0.368 e. The molecule has 8 nitrogen and oxygen atoms in total. The smallest absolute Gasteiger partial charge is 0.252 e. The average Bonchev–Trinajstić information content (AvgIpc) is 2.66. The molecule has 0 saturated heterocycles. The van der Waals surface area contributed by atoms with Crippen molar-refractivity contribution in [3.8, 4) is 0 Å². The lowest BCUT2D eigenvalue weighted by atomic mass is 10.3. The van der Waals surface area contributed by atoms with Crippen LogP contribution < -0.4 is 16.0 Å². The Balaban J connectivity index is 1.49. The monoisotopic (exact) mass is 349 g/mol. The van der Waals surface area contributed by atoms with E-state index in [1.54, 1.807) is 30.6 Å². The third kappa shape index (κ3) is 4.97. The lowest BCUT2D eigenvalue weighted by Gasteiger charge is -2.09. The van der Waals surface area contributed by atoms with Crippen LogP contribution in [0, 0.1) is 6.92 Å². The van der Waals surface area contributed by atoms with E-state index in [1.807, 2.05) is 19.1 Å². The minimum absolute atomic E-state index is 0.157. The highest BCUT2D eigenvalue weighted by atomic mass is 16.1. The van der Waals surface area contributed by atoms with Crippen LogP contribution in [-0.4, -0.2) is 38.9 Å². The molecule has 8 heteroatoms. The first-order chi connectivity index (χ1) is 12.7. The molecule has 1 amide bonds. The van der Waals surface area contributed by atoms with Gasteiger partial charge in [0.15, 0.2) is 0 Å². The Kier molecular flexibility index (Phi) is 5.66. The topological polar surface area (TPSA) is 105 Å². The number of rotatable bonds is 7. The third-order valence-electron chi connectivity index (χ3n) is 3.48. The molecule has 0 unspecified atom stereocenters. The van der Waals surface area contributed by atoms with Gasteiger partial charge in [0, 0.05) is 37.7 Å². The normalized spacial score (nSPS) is 10.2. The fourth-order valence-corrected chi connectivity index (χ4v) is 2.22. The number of nitrogens with zero attached hydrogens (tertiary/aromatic N) is 4. The zero-order valence-corrected chi connectivity index (χ0v) is 14.3. The van der Waals surface area contributed by atoms with Gasteiger partial charge in [0.2, 0.25) is 0 Å². The van der Waals surface area contributed by atoms with E-state index in [0.29, 0.717) is 30.3 Å². The molecule has 3 heterocycles. The molecule has 0 aliphatic heterocycles. The maximum Gasteiger partial charge on any atom is 0.252 e. The number of nitrogens with one attached hydrogen (secondary N) is 3. The van der Waals surface area contributed by atoms with Gasteiger partial charge in [-0.3, -0.25) is 9.78 Å². The molecule has 0 aromatic carbocycles. The van der Waals surface area contributed by atoms with Crippen molar-refractivity contribution in [2.45, 2.75) is 6.92 Å². The van der Waals surface area contributed by atoms with Crippen LogP contribution in [0.5, 0.6) is 0 Å². The van der Waals surface area contributed by atoms with Crippen molar-refractivity contribution < 1.29 is 4.79 Å². The van der Waals surface area contributed by atoms with Crippen LogP contribution in [-0.2, 0) is 0 Å². The maximum absolute atomic E-state index is 11.9. The molecular formula is C18H19N7O. The highest BCUT2D eigenvalue weighted by Gasteiger charge is 2.04. The van der Waals surface area contributed by atoms with E-state index < -0.39 is 0 Å². The lowest BCUT2D eigenvalue weighted by molar-refractivity contribution is 0.0955. The third-order valence-corrected chi connectivity index (χ3v) is 3.48. The summed E-state index contributed by atoms with van der Waals surface area (Å²) < 4.78 is 0. The van der Waals surface area contributed by atoms with Gasteiger partial charge in [0.05, 0.1) is 5.56 Å². The van der Waals surface area contributed by atoms with Crippen LogP contribution in [0.1, 0.15) is 15.9 Å². The number of amides is 1. The van der Waals surface area contributed by atoms with E-state index in [9.17, 15) is 4.79 Å². The Bertz CT molecular complexity index is 870. The Morgan fingerprint density at radius 1 is 1.00 bits per heavy atom. The van der Waals surface area contributed by atoms with Crippen LogP contribution in [0.15, 0.2) is 55.2 Å². The van der Waals surface area contributed by atoms with Gasteiger partial charge in [-0.25, -0.2) is 15.0 Å². The van der Waals surface area contributed by atoms with E-state index >= 15 is 0 Å². The molecule has 0 fully saturated rings. The van der Waals surface area contributed by atoms with Crippen LogP contribution >= 0.6 is 0 Å². The largest absolute Gasteiger partial charge is 0.368 e. The van der Waals surface area contributed by atoms with Gasteiger partial charge in [-0.05, 0) is 36.8 Å². The van der Waals surface area contributed by atoms with Gasteiger partial charge in [-0.2, -0.15) is 0 Å². The molecule has 0 saturated carbocycles. The zero-order chi connectivity index (χ0) is 18.2. The number of aryl methyl sites for hydroxylation is 1. The Labute approximate surface area is 151 Å². The Morgan fingerprint density at radius 2 is 1.85 bits per heavy atom. The standard InChI is InChI=1S/C18H19N7O/c1-13-4-6-20-16(9-13)25-17-10-15(23-12-24-17)21-7-8-22-18(26)14-3-2-5-19-11-14/h2-6,9-12H,7-8H2,1H3,(H,22,26)(H2,20,21,23,24,25). The maximum atomic E-state index is 11.9. The van der Waals surface area contributed by atoms with E-state index in [1.165, 1.54) is 12.5 Å². The van der Waals surface area contributed by atoms with Crippen molar-refractivity contribution in [1.82, 2.24) is 25.3 Å². The molecule has 0 aliphatic rings. The summed E-state index contributed by atoms with van der Waals surface area (Å²) in [4.78, 5) is 28.4. The second-order valence-electron chi connectivity index (χ2n) is 5.56. The van der Waals surface area contributed by atoms with Crippen molar-refractivity contribution >= 4 is 23.4 Å². The number of hydrogen-bond acceptors (Lipinski definition) is 7. The van der Waals surface area contributed by atoms with Crippen molar-refractivity contribution in [2.24, 2.45) is 0 Å². The van der Waals surface area contributed by atoms with Gasteiger partial charge in [-0.1, -0.05) is 0 Å². The molecule has 132 valence electrons. The summed E-state index contributed by atoms with van der Waals surface area (Å²) in [5, 5.41) is 9.10. The van der Waals surface area contributed by atoms with Crippen molar-refractivity contribution in [3.63, 3.8) is 0 Å². The van der Waals surface area contributed by atoms with Crippen molar-refractivity contribution in [3.05, 3.63) is 66.4 Å². The van der Waals surface area contributed by atoms with Crippen LogP contribution in [0.2, 0.25) is 0 Å². The molecule has 0 aliphatic carbocycles.